The Balaban J connectivity index is 2.20. The molecule has 0 unspecified atom stereocenters. The van der Waals surface area contributed by atoms with Gasteiger partial charge < -0.3 is 0 Å². The number of hydrogen-bond donors (Lipinski definition) is 0. The highest BCUT2D eigenvalue weighted by molar-refractivity contribution is 4.67. The summed E-state index contributed by atoms with van der Waals surface area (Å²) in [5, 5.41) is 0. The molecule has 72 valence electrons. The van der Waals surface area contributed by atoms with Gasteiger partial charge in [-0.1, -0.05) is 13.8 Å². The second kappa shape index (κ2) is 5.55. The van der Waals surface area contributed by atoms with E-state index >= 15 is 0 Å². The molecular weight excluding hydrogens is 148 g/mol. The molecule has 0 atom stereocenters. The van der Waals surface area contributed by atoms with Crippen molar-refractivity contribution >= 4 is 0 Å². The minimum absolute atomic E-state index is 1.21. The predicted molar refractivity (Wildman–Crippen MR) is 53.2 cm³/mol. The summed E-state index contributed by atoms with van der Waals surface area (Å²) in [6, 6.07) is 0. The number of hydrogen-bond acceptors (Lipinski definition) is 2. The highest BCUT2D eigenvalue weighted by atomic mass is 15.3. The van der Waals surface area contributed by atoms with Crippen LogP contribution in [0.1, 0.15) is 33.1 Å². The Hall–Kier alpha value is -0.0800. The molecular formula is C10H22N2. The van der Waals surface area contributed by atoms with E-state index in [0.29, 0.717) is 0 Å². The first kappa shape index (κ1) is 10.0. The lowest BCUT2D eigenvalue weighted by Gasteiger charge is -2.35. The molecule has 0 amide bonds. The van der Waals surface area contributed by atoms with Crippen LogP contribution in [0.25, 0.3) is 0 Å². The first-order valence-electron chi connectivity index (χ1n) is 5.31. The van der Waals surface area contributed by atoms with Crippen molar-refractivity contribution in [2.24, 2.45) is 0 Å². The second-order valence-electron chi connectivity index (χ2n) is 3.73. The third-order valence-electron chi connectivity index (χ3n) is 2.43. The summed E-state index contributed by atoms with van der Waals surface area (Å²) >= 11 is 0. The summed E-state index contributed by atoms with van der Waals surface area (Å²) in [5.41, 5.74) is 0. The van der Waals surface area contributed by atoms with Crippen LogP contribution < -0.4 is 0 Å². The van der Waals surface area contributed by atoms with E-state index in [-0.39, 0.29) is 0 Å². The van der Waals surface area contributed by atoms with Gasteiger partial charge in [0.1, 0.15) is 0 Å². The van der Waals surface area contributed by atoms with Gasteiger partial charge in [-0.2, -0.15) is 0 Å². The SMILES string of the molecule is CCCN1CCCN(CCC)C1. The Morgan fingerprint density at radius 1 is 0.917 bits per heavy atom. The van der Waals surface area contributed by atoms with Crippen LogP contribution >= 0.6 is 0 Å². The van der Waals surface area contributed by atoms with E-state index in [1.54, 1.807) is 0 Å². The smallest absolute Gasteiger partial charge is 0.0506 e. The average molecular weight is 170 g/mol. The molecule has 0 saturated carbocycles. The molecule has 0 spiro atoms. The molecule has 0 aromatic rings. The summed E-state index contributed by atoms with van der Waals surface area (Å²) in [7, 11) is 0. The Bertz CT molecular complexity index is 98.4. The first-order chi connectivity index (χ1) is 5.86. The van der Waals surface area contributed by atoms with Gasteiger partial charge in [0.15, 0.2) is 0 Å². The Labute approximate surface area is 76.5 Å². The van der Waals surface area contributed by atoms with Crippen molar-refractivity contribution in [1.82, 2.24) is 9.80 Å². The van der Waals surface area contributed by atoms with Gasteiger partial charge in [0.05, 0.1) is 6.67 Å². The van der Waals surface area contributed by atoms with Gasteiger partial charge in [-0.25, -0.2) is 0 Å². The first-order valence-corrected chi connectivity index (χ1v) is 5.31. The summed E-state index contributed by atoms with van der Waals surface area (Å²) in [6.45, 7) is 10.9. The minimum Gasteiger partial charge on any atom is -0.290 e. The summed E-state index contributed by atoms with van der Waals surface area (Å²) in [6.07, 6.45) is 3.94. The van der Waals surface area contributed by atoms with Crippen LogP contribution in [0.4, 0.5) is 0 Å². The maximum atomic E-state index is 2.57. The average Bonchev–Trinajstić information content (AvgIpc) is 2.06. The lowest BCUT2D eigenvalue weighted by atomic mass is 10.2. The Morgan fingerprint density at radius 3 is 1.83 bits per heavy atom. The standard InChI is InChI=1S/C10H22N2/c1-3-6-11-8-5-9-12(10-11)7-4-2/h3-10H2,1-2H3. The highest BCUT2D eigenvalue weighted by Gasteiger charge is 2.14. The van der Waals surface area contributed by atoms with Crippen molar-refractivity contribution in [3.05, 3.63) is 0 Å². The molecule has 0 aromatic heterocycles. The molecule has 12 heavy (non-hydrogen) atoms. The minimum atomic E-state index is 1.21. The van der Waals surface area contributed by atoms with Crippen LogP contribution in [-0.4, -0.2) is 42.6 Å². The lowest BCUT2D eigenvalue weighted by molar-refractivity contribution is 0.0862. The van der Waals surface area contributed by atoms with E-state index in [9.17, 15) is 0 Å². The highest BCUT2D eigenvalue weighted by Crippen LogP contribution is 2.06. The third kappa shape index (κ3) is 3.11. The van der Waals surface area contributed by atoms with E-state index in [1.165, 1.54) is 52.1 Å². The fourth-order valence-electron chi connectivity index (χ4n) is 1.94. The van der Waals surface area contributed by atoms with E-state index < -0.39 is 0 Å². The number of rotatable bonds is 4. The van der Waals surface area contributed by atoms with Crippen molar-refractivity contribution in [3.63, 3.8) is 0 Å². The fourth-order valence-corrected chi connectivity index (χ4v) is 1.94. The van der Waals surface area contributed by atoms with Crippen molar-refractivity contribution in [2.45, 2.75) is 33.1 Å². The van der Waals surface area contributed by atoms with Crippen molar-refractivity contribution in [2.75, 3.05) is 32.8 Å². The van der Waals surface area contributed by atoms with Crippen molar-refractivity contribution < 1.29 is 0 Å². The van der Waals surface area contributed by atoms with Crippen LogP contribution in [0.3, 0.4) is 0 Å². The molecule has 0 aliphatic carbocycles. The Kier molecular flexibility index (Phi) is 4.62. The molecule has 1 rings (SSSR count). The monoisotopic (exact) mass is 170 g/mol. The number of nitrogens with zero attached hydrogens (tertiary/aromatic N) is 2. The largest absolute Gasteiger partial charge is 0.290 e. The normalized spacial score (nSPS) is 21.5. The van der Waals surface area contributed by atoms with E-state index in [0.717, 1.165) is 0 Å². The van der Waals surface area contributed by atoms with Gasteiger partial charge in [0.25, 0.3) is 0 Å². The van der Waals surface area contributed by atoms with E-state index in [2.05, 4.69) is 23.6 Å². The van der Waals surface area contributed by atoms with Crippen LogP contribution in [0.5, 0.6) is 0 Å². The van der Waals surface area contributed by atoms with Gasteiger partial charge in [0, 0.05) is 13.1 Å². The molecule has 1 aliphatic heterocycles. The lowest BCUT2D eigenvalue weighted by Crippen LogP contribution is -2.45. The third-order valence-corrected chi connectivity index (χ3v) is 2.43. The summed E-state index contributed by atoms with van der Waals surface area (Å²) in [4.78, 5) is 5.14. The topological polar surface area (TPSA) is 6.48 Å². The Morgan fingerprint density at radius 2 is 1.42 bits per heavy atom. The van der Waals surface area contributed by atoms with Crippen LogP contribution in [0, 0.1) is 0 Å². The predicted octanol–water partition coefficient (Wildman–Crippen LogP) is 1.77. The van der Waals surface area contributed by atoms with Crippen LogP contribution in [0.2, 0.25) is 0 Å². The van der Waals surface area contributed by atoms with Gasteiger partial charge >= 0.3 is 0 Å². The van der Waals surface area contributed by atoms with Crippen LogP contribution in [-0.2, 0) is 0 Å². The summed E-state index contributed by atoms with van der Waals surface area (Å²) < 4.78 is 0. The molecule has 1 saturated heterocycles. The molecule has 1 heterocycles. The summed E-state index contributed by atoms with van der Waals surface area (Å²) in [5.74, 6) is 0. The van der Waals surface area contributed by atoms with Gasteiger partial charge in [-0.05, 0) is 32.4 Å². The molecule has 0 radical (unpaired) electrons. The van der Waals surface area contributed by atoms with Gasteiger partial charge in [-0.3, -0.25) is 9.80 Å². The maximum absolute atomic E-state index is 2.57. The molecule has 1 aliphatic rings. The van der Waals surface area contributed by atoms with Crippen molar-refractivity contribution in [1.29, 1.82) is 0 Å². The fraction of sp³-hybridized carbons (Fsp3) is 1.00. The molecule has 0 N–H and O–H groups in total. The molecule has 0 bridgehead atoms. The zero-order valence-corrected chi connectivity index (χ0v) is 8.55. The quantitative estimate of drug-likeness (QED) is 0.634. The zero-order valence-electron chi connectivity index (χ0n) is 8.55. The van der Waals surface area contributed by atoms with E-state index in [1.807, 2.05) is 0 Å². The van der Waals surface area contributed by atoms with Gasteiger partial charge in [-0.15, -0.1) is 0 Å². The van der Waals surface area contributed by atoms with E-state index in [4.69, 9.17) is 0 Å². The second-order valence-corrected chi connectivity index (χ2v) is 3.73. The molecule has 2 heteroatoms. The molecule has 1 fully saturated rings. The van der Waals surface area contributed by atoms with Gasteiger partial charge in [0.2, 0.25) is 0 Å². The molecule has 2 nitrogen and oxygen atoms in total. The van der Waals surface area contributed by atoms with Crippen LogP contribution in [0.15, 0.2) is 0 Å². The molecule has 0 aromatic carbocycles. The van der Waals surface area contributed by atoms with Crippen molar-refractivity contribution in [3.8, 4) is 0 Å². The maximum Gasteiger partial charge on any atom is 0.0506 e. The zero-order chi connectivity index (χ0) is 8.81.